The third-order valence-electron chi connectivity index (χ3n) is 3.16. The third kappa shape index (κ3) is 4.56. The summed E-state index contributed by atoms with van der Waals surface area (Å²) in [6, 6.07) is 17.0. The average molecular weight is 313 g/mol. The Morgan fingerprint density at radius 1 is 1.00 bits per heavy atom. The molecule has 0 radical (unpaired) electrons. The predicted molar refractivity (Wildman–Crippen MR) is 93.8 cm³/mol. The summed E-state index contributed by atoms with van der Waals surface area (Å²) in [6.07, 6.45) is 0. The first kappa shape index (κ1) is 16.0. The summed E-state index contributed by atoms with van der Waals surface area (Å²) < 4.78 is 0. The molecular weight excluding hydrogens is 294 g/mol. The lowest BCUT2D eigenvalue weighted by atomic mass is 10.0. The number of hydrazine groups is 1. The lowest BCUT2D eigenvalue weighted by Crippen LogP contribution is -2.41. The highest BCUT2D eigenvalue weighted by Crippen LogP contribution is 2.14. The van der Waals surface area contributed by atoms with Crippen LogP contribution in [0.15, 0.2) is 54.6 Å². The van der Waals surface area contributed by atoms with E-state index < -0.39 is 0 Å². The molecule has 0 aliphatic heterocycles. The second-order valence-corrected chi connectivity index (χ2v) is 5.58. The molecule has 0 aliphatic rings. The first-order valence-electron chi connectivity index (χ1n) is 7.08. The van der Waals surface area contributed by atoms with E-state index in [-0.39, 0.29) is 11.0 Å². The zero-order chi connectivity index (χ0) is 15.9. The first-order valence-corrected chi connectivity index (χ1v) is 7.49. The van der Waals surface area contributed by atoms with Gasteiger partial charge in [0, 0.05) is 5.56 Å². The second-order valence-electron chi connectivity index (χ2n) is 5.18. The Morgan fingerprint density at radius 3 is 2.23 bits per heavy atom. The molecule has 3 N–H and O–H groups in total. The molecule has 114 valence electrons. The maximum absolute atomic E-state index is 12.1. The summed E-state index contributed by atoms with van der Waals surface area (Å²) in [7, 11) is 0. The number of nitrogens with one attached hydrogen (secondary N) is 3. The molecular formula is C17H19N3OS. The second kappa shape index (κ2) is 7.56. The monoisotopic (exact) mass is 313 g/mol. The van der Waals surface area contributed by atoms with E-state index in [2.05, 4.69) is 30.0 Å². The van der Waals surface area contributed by atoms with E-state index in [1.807, 2.05) is 42.5 Å². The van der Waals surface area contributed by atoms with Gasteiger partial charge in [-0.05, 0) is 48.0 Å². The van der Waals surface area contributed by atoms with Crippen LogP contribution in [0.5, 0.6) is 0 Å². The minimum absolute atomic E-state index is 0.224. The number of hydrogen-bond acceptors (Lipinski definition) is 3. The fraction of sp³-hybridized carbons (Fsp3) is 0.176. The Labute approximate surface area is 135 Å². The summed E-state index contributed by atoms with van der Waals surface area (Å²) in [6.45, 7) is 4.23. The van der Waals surface area contributed by atoms with Crippen molar-refractivity contribution >= 4 is 28.9 Å². The number of carbonyl (C=O) groups excluding carboxylic acids is 1. The first-order chi connectivity index (χ1) is 10.6. The highest BCUT2D eigenvalue weighted by molar-refractivity contribution is 7.80. The van der Waals surface area contributed by atoms with Gasteiger partial charge in [0.05, 0.1) is 5.69 Å². The van der Waals surface area contributed by atoms with Crippen LogP contribution in [0, 0.1) is 0 Å². The van der Waals surface area contributed by atoms with Crippen LogP contribution in [0.1, 0.15) is 35.7 Å². The highest BCUT2D eigenvalue weighted by Gasteiger charge is 2.08. The maximum atomic E-state index is 12.1. The van der Waals surface area contributed by atoms with Crippen molar-refractivity contribution in [2.75, 3.05) is 5.43 Å². The van der Waals surface area contributed by atoms with Crippen molar-refractivity contribution in [1.82, 2.24) is 10.7 Å². The normalized spacial score (nSPS) is 10.1. The van der Waals surface area contributed by atoms with Gasteiger partial charge in [0.1, 0.15) is 0 Å². The number of anilines is 1. The van der Waals surface area contributed by atoms with Gasteiger partial charge >= 0.3 is 0 Å². The van der Waals surface area contributed by atoms with Crippen LogP contribution >= 0.6 is 12.2 Å². The number of rotatable bonds is 4. The molecule has 0 fully saturated rings. The van der Waals surface area contributed by atoms with Crippen LogP contribution in [0.2, 0.25) is 0 Å². The Balaban J connectivity index is 1.87. The van der Waals surface area contributed by atoms with E-state index in [1.54, 1.807) is 12.1 Å². The van der Waals surface area contributed by atoms with Crippen molar-refractivity contribution in [3.05, 3.63) is 65.7 Å². The smallest absolute Gasteiger partial charge is 0.257 e. The van der Waals surface area contributed by atoms with Gasteiger partial charge in [-0.3, -0.25) is 21.0 Å². The quantitative estimate of drug-likeness (QED) is 0.598. The van der Waals surface area contributed by atoms with Gasteiger partial charge in [-0.25, -0.2) is 0 Å². The Kier molecular flexibility index (Phi) is 5.49. The Morgan fingerprint density at radius 2 is 1.64 bits per heavy atom. The van der Waals surface area contributed by atoms with Crippen molar-refractivity contribution in [2.24, 2.45) is 0 Å². The summed E-state index contributed by atoms with van der Waals surface area (Å²) in [5.74, 6) is 0.206. The maximum Gasteiger partial charge on any atom is 0.257 e. The largest absolute Gasteiger partial charge is 0.299 e. The van der Waals surface area contributed by atoms with E-state index in [1.165, 1.54) is 5.56 Å². The van der Waals surface area contributed by atoms with Crippen LogP contribution in [0.3, 0.4) is 0 Å². The van der Waals surface area contributed by atoms with Crippen LogP contribution < -0.4 is 16.2 Å². The van der Waals surface area contributed by atoms with Crippen molar-refractivity contribution < 1.29 is 4.79 Å². The highest BCUT2D eigenvalue weighted by atomic mass is 32.1. The van der Waals surface area contributed by atoms with Crippen LogP contribution in [-0.2, 0) is 0 Å². The van der Waals surface area contributed by atoms with Crippen molar-refractivity contribution in [1.29, 1.82) is 0 Å². The van der Waals surface area contributed by atoms with E-state index in [0.29, 0.717) is 11.5 Å². The molecule has 0 spiro atoms. The molecule has 0 aromatic heterocycles. The molecule has 0 saturated carbocycles. The SMILES string of the molecule is CC(C)c1ccc(C(=O)NC(=S)NNc2ccccc2)cc1. The molecule has 0 saturated heterocycles. The van der Waals surface area contributed by atoms with Gasteiger partial charge in [0.25, 0.3) is 5.91 Å². The van der Waals surface area contributed by atoms with Crippen molar-refractivity contribution in [2.45, 2.75) is 19.8 Å². The lowest BCUT2D eigenvalue weighted by Gasteiger charge is -2.12. The van der Waals surface area contributed by atoms with Crippen LogP contribution in [0.25, 0.3) is 0 Å². The topological polar surface area (TPSA) is 53.2 Å². The molecule has 0 heterocycles. The van der Waals surface area contributed by atoms with Gasteiger partial charge < -0.3 is 0 Å². The molecule has 2 aromatic carbocycles. The van der Waals surface area contributed by atoms with Crippen LogP contribution in [0.4, 0.5) is 5.69 Å². The van der Waals surface area contributed by atoms with Gasteiger partial charge in [-0.2, -0.15) is 0 Å². The van der Waals surface area contributed by atoms with Gasteiger partial charge in [-0.1, -0.05) is 44.2 Å². The molecule has 2 rings (SSSR count). The molecule has 5 heteroatoms. The number of benzene rings is 2. The van der Waals surface area contributed by atoms with Gasteiger partial charge in [0.15, 0.2) is 5.11 Å². The molecule has 4 nitrogen and oxygen atoms in total. The number of hydrogen-bond donors (Lipinski definition) is 3. The zero-order valence-corrected chi connectivity index (χ0v) is 13.4. The average Bonchev–Trinajstić information content (AvgIpc) is 2.54. The van der Waals surface area contributed by atoms with E-state index in [4.69, 9.17) is 12.2 Å². The number of amides is 1. The lowest BCUT2D eigenvalue weighted by molar-refractivity contribution is 0.0977. The number of thiocarbonyl (C=S) groups is 1. The predicted octanol–water partition coefficient (Wildman–Crippen LogP) is 3.44. The molecule has 0 aliphatic carbocycles. The van der Waals surface area contributed by atoms with Gasteiger partial charge in [-0.15, -0.1) is 0 Å². The number of para-hydroxylation sites is 1. The van der Waals surface area contributed by atoms with Crippen LogP contribution in [-0.4, -0.2) is 11.0 Å². The van der Waals surface area contributed by atoms with Crippen molar-refractivity contribution in [3.8, 4) is 0 Å². The summed E-state index contributed by atoms with van der Waals surface area (Å²) in [5.41, 5.74) is 8.33. The molecule has 22 heavy (non-hydrogen) atoms. The number of carbonyl (C=O) groups is 1. The standard InChI is InChI=1S/C17H19N3OS/c1-12(2)13-8-10-14(11-9-13)16(21)18-17(22)20-19-15-6-4-3-5-7-15/h3-12,19H,1-2H3,(H2,18,20,21,22). The fourth-order valence-corrected chi connectivity index (χ4v) is 2.02. The van der Waals surface area contributed by atoms with E-state index in [9.17, 15) is 4.79 Å². The summed E-state index contributed by atoms with van der Waals surface area (Å²) in [5, 5.41) is 2.86. The molecule has 0 bridgehead atoms. The Bertz CT molecular complexity index is 639. The summed E-state index contributed by atoms with van der Waals surface area (Å²) in [4.78, 5) is 12.1. The molecule has 1 amide bonds. The minimum Gasteiger partial charge on any atom is -0.299 e. The zero-order valence-electron chi connectivity index (χ0n) is 12.6. The Hall–Kier alpha value is -2.40. The molecule has 0 unspecified atom stereocenters. The fourth-order valence-electron chi connectivity index (χ4n) is 1.88. The molecule has 2 aromatic rings. The third-order valence-corrected chi connectivity index (χ3v) is 3.36. The van der Waals surface area contributed by atoms with E-state index >= 15 is 0 Å². The molecule has 0 atom stereocenters. The van der Waals surface area contributed by atoms with E-state index in [0.717, 1.165) is 5.69 Å². The minimum atomic E-state index is -0.234. The van der Waals surface area contributed by atoms with Crippen molar-refractivity contribution in [3.63, 3.8) is 0 Å². The van der Waals surface area contributed by atoms with Gasteiger partial charge in [0.2, 0.25) is 0 Å². The summed E-state index contributed by atoms with van der Waals surface area (Å²) >= 11 is 5.09.